The van der Waals surface area contributed by atoms with Crippen molar-refractivity contribution >= 4 is 17.0 Å². The Bertz CT molecular complexity index is 366. The van der Waals surface area contributed by atoms with Crippen LogP contribution in [0.25, 0.3) is 0 Å². The third-order valence-corrected chi connectivity index (χ3v) is 2.79. The molecule has 0 bridgehead atoms. The summed E-state index contributed by atoms with van der Waals surface area (Å²) >= 11 is -1.28. The first-order chi connectivity index (χ1) is 7.07. The lowest BCUT2D eigenvalue weighted by Crippen LogP contribution is -2.10. The third-order valence-electron chi connectivity index (χ3n) is 1.82. The number of nitrogens with zero attached hydrogens (tertiary/aromatic N) is 1. The average molecular weight is 227 g/mol. The molecule has 1 aromatic heterocycles. The SMILES string of the molecule is CCOc1nccc(C(C)=O)c1[S+](C)[O-]. The first kappa shape index (κ1) is 12.0. The Labute approximate surface area is 91.8 Å². The van der Waals surface area contributed by atoms with Crippen LogP contribution >= 0.6 is 0 Å². The van der Waals surface area contributed by atoms with Crippen molar-refractivity contribution in [2.45, 2.75) is 18.7 Å². The molecule has 15 heavy (non-hydrogen) atoms. The summed E-state index contributed by atoms with van der Waals surface area (Å²) < 4.78 is 16.7. The van der Waals surface area contributed by atoms with E-state index in [9.17, 15) is 9.35 Å². The number of carbonyl (C=O) groups excluding carboxylic acids is 1. The maximum Gasteiger partial charge on any atom is 0.271 e. The number of pyridine rings is 1. The highest BCUT2D eigenvalue weighted by atomic mass is 32.2. The Hall–Kier alpha value is -1.07. The summed E-state index contributed by atoms with van der Waals surface area (Å²) in [7, 11) is 0. The van der Waals surface area contributed by atoms with Gasteiger partial charge in [0.2, 0.25) is 4.90 Å². The van der Waals surface area contributed by atoms with Crippen LogP contribution in [-0.2, 0) is 11.2 Å². The summed E-state index contributed by atoms with van der Waals surface area (Å²) in [6.07, 6.45) is 2.99. The predicted molar refractivity (Wildman–Crippen MR) is 57.7 cm³/mol. The molecule has 1 aromatic rings. The van der Waals surface area contributed by atoms with E-state index in [0.29, 0.717) is 17.1 Å². The summed E-state index contributed by atoms with van der Waals surface area (Å²) in [4.78, 5) is 15.7. The Kier molecular flexibility index (Phi) is 4.11. The topological polar surface area (TPSA) is 62.2 Å². The number of ketones is 1. The first-order valence-corrected chi connectivity index (χ1v) is 6.09. The number of Topliss-reactive ketones (excluding diaryl/α,β-unsaturated/α-hetero) is 1. The highest BCUT2D eigenvalue weighted by Crippen LogP contribution is 2.25. The van der Waals surface area contributed by atoms with E-state index < -0.39 is 11.2 Å². The second-order valence-corrected chi connectivity index (χ2v) is 4.25. The fourth-order valence-electron chi connectivity index (χ4n) is 1.22. The second kappa shape index (κ2) is 5.14. The minimum Gasteiger partial charge on any atom is -0.611 e. The van der Waals surface area contributed by atoms with Crippen LogP contribution in [0.2, 0.25) is 0 Å². The predicted octanol–water partition coefficient (Wildman–Crippen LogP) is 1.42. The van der Waals surface area contributed by atoms with Gasteiger partial charge in [-0.05, 0) is 31.1 Å². The highest BCUT2D eigenvalue weighted by molar-refractivity contribution is 7.90. The van der Waals surface area contributed by atoms with E-state index in [-0.39, 0.29) is 11.7 Å². The van der Waals surface area contributed by atoms with Crippen molar-refractivity contribution in [3.8, 4) is 5.88 Å². The van der Waals surface area contributed by atoms with Crippen LogP contribution in [0.15, 0.2) is 17.2 Å². The number of rotatable bonds is 4. The van der Waals surface area contributed by atoms with Gasteiger partial charge < -0.3 is 9.29 Å². The summed E-state index contributed by atoms with van der Waals surface area (Å²) in [5, 5.41) is 0. The third kappa shape index (κ3) is 2.70. The quantitative estimate of drug-likeness (QED) is 0.576. The Balaban J connectivity index is 3.28. The van der Waals surface area contributed by atoms with Crippen LogP contribution in [0.1, 0.15) is 24.2 Å². The van der Waals surface area contributed by atoms with Crippen LogP contribution in [0.5, 0.6) is 5.88 Å². The minimum atomic E-state index is -1.28. The van der Waals surface area contributed by atoms with Crippen molar-refractivity contribution < 1.29 is 14.1 Å². The lowest BCUT2D eigenvalue weighted by atomic mass is 10.2. The molecule has 0 aliphatic rings. The number of aromatic nitrogens is 1. The van der Waals surface area contributed by atoms with E-state index in [4.69, 9.17) is 4.74 Å². The van der Waals surface area contributed by atoms with Crippen molar-refractivity contribution in [1.29, 1.82) is 0 Å². The summed E-state index contributed by atoms with van der Waals surface area (Å²) in [6, 6.07) is 1.56. The van der Waals surface area contributed by atoms with Gasteiger partial charge in [-0.25, -0.2) is 4.98 Å². The molecular formula is C10H13NO3S. The molecule has 5 heteroatoms. The lowest BCUT2D eigenvalue weighted by molar-refractivity contribution is 0.101. The Morgan fingerprint density at radius 1 is 1.67 bits per heavy atom. The van der Waals surface area contributed by atoms with Crippen molar-refractivity contribution in [2.75, 3.05) is 12.9 Å². The molecule has 1 unspecified atom stereocenters. The van der Waals surface area contributed by atoms with E-state index in [1.165, 1.54) is 19.4 Å². The summed E-state index contributed by atoms with van der Waals surface area (Å²) in [5.74, 6) is 0.148. The molecule has 0 radical (unpaired) electrons. The fraction of sp³-hybridized carbons (Fsp3) is 0.400. The fourth-order valence-corrected chi connectivity index (χ4v) is 2.10. The first-order valence-electron chi connectivity index (χ1n) is 4.54. The molecule has 82 valence electrons. The van der Waals surface area contributed by atoms with Crippen molar-refractivity contribution in [3.63, 3.8) is 0 Å². The molecule has 1 atom stereocenters. The Morgan fingerprint density at radius 3 is 2.80 bits per heavy atom. The zero-order chi connectivity index (χ0) is 11.4. The van der Waals surface area contributed by atoms with Gasteiger partial charge >= 0.3 is 0 Å². The molecule has 0 saturated carbocycles. The molecular weight excluding hydrogens is 214 g/mol. The van der Waals surface area contributed by atoms with Crippen LogP contribution in [-0.4, -0.2) is 28.2 Å². The van der Waals surface area contributed by atoms with Crippen molar-refractivity contribution in [3.05, 3.63) is 17.8 Å². The molecule has 0 aliphatic carbocycles. The maximum atomic E-state index is 11.5. The van der Waals surface area contributed by atoms with Gasteiger partial charge in [0.05, 0.1) is 12.2 Å². The van der Waals surface area contributed by atoms with Crippen LogP contribution < -0.4 is 4.74 Å². The molecule has 4 nitrogen and oxygen atoms in total. The maximum absolute atomic E-state index is 11.5. The Morgan fingerprint density at radius 2 is 2.33 bits per heavy atom. The van der Waals surface area contributed by atoms with Crippen LogP contribution in [0, 0.1) is 0 Å². The number of hydrogen-bond acceptors (Lipinski definition) is 4. The van der Waals surface area contributed by atoms with Crippen LogP contribution in [0.3, 0.4) is 0 Å². The zero-order valence-corrected chi connectivity index (χ0v) is 9.76. The zero-order valence-electron chi connectivity index (χ0n) is 8.94. The van der Waals surface area contributed by atoms with Crippen LogP contribution in [0.4, 0.5) is 0 Å². The van der Waals surface area contributed by atoms with Gasteiger partial charge in [0.1, 0.15) is 6.26 Å². The standard InChI is InChI=1S/C10H13NO3S/c1-4-14-10-9(15(3)13)8(7(2)12)5-6-11-10/h5-6H,4H2,1-3H3. The smallest absolute Gasteiger partial charge is 0.271 e. The normalized spacial score (nSPS) is 12.3. The lowest BCUT2D eigenvalue weighted by Gasteiger charge is -2.11. The molecule has 1 heterocycles. The largest absolute Gasteiger partial charge is 0.611 e. The van der Waals surface area contributed by atoms with Gasteiger partial charge in [-0.3, -0.25) is 4.79 Å². The van der Waals surface area contributed by atoms with E-state index in [1.54, 1.807) is 6.07 Å². The second-order valence-electron chi connectivity index (χ2n) is 2.94. The highest BCUT2D eigenvalue weighted by Gasteiger charge is 2.22. The van der Waals surface area contributed by atoms with Gasteiger partial charge in [-0.1, -0.05) is 0 Å². The van der Waals surface area contributed by atoms with Gasteiger partial charge in [-0.2, -0.15) is 0 Å². The number of ether oxygens (including phenoxy) is 1. The van der Waals surface area contributed by atoms with E-state index >= 15 is 0 Å². The van der Waals surface area contributed by atoms with Gasteiger partial charge in [0.25, 0.3) is 5.88 Å². The van der Waals surface area contributed by atoms with Gasteiger partial charge in [-0.15, -0.1) is 0 Å². The molecule has 1 rings (SSSR count). The monoisotopic (exact) mass is 227 g/mol. The van der Waals surface area contributed by atoms with E-state index in [1.807, 2.05) is 6.92 Å². The van der Waals surface area contributed by atoms with E-state index in [2.05, 4.69) is 4.98 Å². The molecule has 0 saturated heterocycles. The molecule has 0 spiro atoms. The number of carbonyl (C=O) groups is 1. The summed E-state index contributed by atoms with van der Waals surface area (Å²) in [6.45, 7) is 3.67. The molecule has 0 fully saturated rings. The molecule has 0 aliphatic heterocycles. The molecule has 0 amide bonds. The number of hydrogen-bond donors (Lipinski definition) is 0. The average Bonchev–Trinajstić information content (AvgIpc) is 2.17. The van der Waals surface area contributed by atoms with Crippen molar-refractivity contribution in [1.82, 2.24) is 4.98 Å². The minimum absolute atomic E-state index is 0.136. The van der Waals surface area contributed by atoms with Gasteiger partial charge in [0.15, 0.2) is 5.78 Å². The molecule has 0 aromatic carbocycles. The summed E-state index contributed by atoms with van der Waals surface area (Å²) in [5.41, 5.74) is 0.411. The molecule has 0 N–H and O–H groups in total. The van der Waals surface area contributed by atoms with Crippen molar-refractivity contribution in [2.24, 2.45) is 0 Å². The van der Waals surface area contributed by atoms with Gasteiger partial charge in [0, 0.05) is 6.20 Å². The van der Waals surface area contributed by atoms with E-state index in [0.717, 1.165) is 0 Å².